The molecular formula is C24H16ClF3N2O5S. The molecule has 0 saturated carbocycles. The number of Topliss-reactive ketones (excluding diaryl/α,β-unsaturated/α-hetero) is 1. The standard InChI is InChI=1S/C24H16ClF3N2O5S/c25-16-9-5-14(6-10-16)22(32)21-23(33)18-3-1-2-4-19(18)36(34,35)30(21)13-20(31)29-17-11-7-15(8-12-17)24(26,27)28/h1-12,32H,13H2,(H,29,31)/b22-21+. The molecular weight excluding hydrogens is 521 g/mol. The number of hydrogen-bond acceptors (Lipinski definition) is 5. The molecule has 12 heteroatoms. The molecule has 2 N–H and O–H groups in total. The molecule has 0 atom stereocenters. The van der Waals surface area contributed by atoms with Crippen molar-refractivity contribution >= 4 is 44.8 Å². The largest absolute Gasteiger partial charge is 0.505 e. The third-order valence-corrected chi connectivity index (χ3v) is 7.35. The molecule has 1 amide bonds. The molecule has 3 aromatic rings. The number of nitrogens with zero attached hydrogens (tertiary/aromatic N) is 1. The first-order chi connectivity index (χ1) is 16.9. The fraction of sp³-hybridized carbons (Fsp3) is 0.0833. The maximum atomic E-state index is 13.4. The maximum Gasteiger partial charge on any atom is 0.416 e. The highest BCUT2D eigenvalue weighted by Gasteiger charge is 2.42. The van der Waals surface area contributed by atoms with Gasteiger partial charge in [-0.25, -0.2) is 12.7 Å². The van der Waals surface area contributed by atoms with Gasteiger partial charge < -0.3 is 10.4 Å². The van der Waals surface area contributed by atoms with E-state index >= 15 is 0 Å². The van der Waals surface area contributed by atoms with Crippen molar-refractivity contribution in [1.29, 1.82) is 0 Å². The molecule has 36 heavy (non-hydrogen) atoms. The smallest absolute Gasteiger partial charge is 0.416 e. The molecule has 7 nitrogen and oxygen atoms in total. The summed E-state index contributed by atoms with van der Waals surface area (Å²) in [7, 11) is -4.48. The Morgan fingerprint density at radius 2 is 1.58 bits per heavy atom. The number of halogens is 4. The van der Waals surface area contributed by atoms with Crippen molar-refractivity contribution in [2.75, 3.05) is 11.9 Å². The second kappa shape index (κ2) is 9.32. The van der Waals surface area contributed by atoms with Gasteiger partial charge in [-0.3, -0.25) is 9.59 Å². The summed E-state index contributed by atoms with van der Waals surface area (Å²) < 4.78 is 65.6. The molecule has 0 fully saturated rings. The number of benzene rings is 3. The van der Waals surface area contributed by atoms with Gasteiger partial charge in [0.2, 0.25) is 11.7 Å². The molecule has 4 rings (SSSR count). The third kappa shape index (κ3) is 4.79. The molecule has 0 bridgehead atoms. The van der Waals surface area contributed by atoms with Gasteiger partial charge in [0.15, 0.2) is 5.76 Å². The Balaban J connectivity index is 1.74. The quantitative estimate of drug-likeness (QED) is 0.356. The van der Waals surface area contributed by atoms with Crippen LogP contribution in [0.3, 0.4) is 0 Å². The Hall–Kier alpha value is -3.83. The number of carbonyl (C=O) groups is 2. The number of nitrogens with one attached hydrogen (secondary N) is 1. The molecule has 1 heterocycles. The average molecular weight is 537 g/mol. The number of rotatable bonds is 4. The lowest BCUT2D eigenvalue weighted by Crippen LogP contribution is -2.43. The van der Waals surface area contributed by atoms with Gasteiger partial charge in [-0.1, -0.05) is 23.7 Å². The van der Waals surface area contributed by atoms with Crippen LogP contribution in [0.15, 0.2) is 83.4 Å². The first kappa shape index (κ1) is 25.3. The number of hydrogen-bond donors (Lipinski definition) is 2. The second-order valence-corrected chi connectivity index (χ2v) is 9.93. The highest BCUT2D eigenvalue weighted by molar-refractivity contribution is 7.89. The van der Waals surface area contributed by atoms with Crippen molar-refractivity contribution in [3.63, 3.8) is 0 Å². The fourth-order valence-electron chi connectivity index (χ4n) is 3.57. The van der Waals surface area contributed by atoms with Crippen LogP contribution in [0.25, 0.3) is 5.76 Å². The van der Waals surface area contributed by atoms with Gasteiger partial charge in [-0.05, 0) is 60.7 Å². The SMILES string of the molecule is O=C(CN1/C(=C(/O)c2ccc(Cl)cc2)C(=O)c2ccccc2S1(=O)=O)Nc1ccc(C(F)(F)F)cc1. The highest BCUT2D eigenvalue weighted by Crippen LogP contribution is 2.35. The van der Waals surface area contributed by atoms with Crippen LogP contribution in [0, 0.1) is 0 Å². The van der Waals surface area contributed by atoms with E-state index in [1.807, 2.05) is 0 Å². The fourth-order valence-corrected chi connectivity index (χ4v) is 5.32. The minimum atomic E-state index is -4.57. The number of anilines is 1. The molecule has 0 radical (unpaired) electrons. The summed E-state index contributed by atoms with van der Waals surface area (Å²) in [5, 5.41) is 13.6. The number of ketones is 1. The van der Waals surface area contributed by atoms with Crippen LogP contribution in [-0.2, 0) is 21.0 Å². The Kier molecular flexibility index (Phi) is 6.54. The molecule has 0 spiro atoms. The lowest BCUT2D eigenvalue weighted by atomic mass is 10.0. The van der Waals surface area contributed by atoms with Gasteiger partial charge in [0.05, 0.1) is 10.5 Å². The molecule has 1 aliphatic heterocycles. The molecule has 3 aromatic carbocycles. The van der Waals surface area contributed by atoms with Crippen LogP contribution < -0.4 is 5.32 Å². The summed E-state index contributed by atoms with van der Waals surface area (Å²) in [5.41, 5.74) is -1.72. The molecule has 0 aliphatic carbocycles. The van der Waals surface area contributed by atoms with Crippen LogP contribution in [0.4, 0.5) is 18.9 Å². The zero-order valence-corrected chi connectivity index (χ0v) is 19.7. The number of allylic oxidation sites excluding steroid dienone is 1. The van der Waals surface area contributed by atoms with Crippen molar-refractivity contribution in [3.05, 3.63) is 100 Å². The van der Waals surface area contributed by atoms with E-state index in [1.165, 1.54) is 48.5 Å². The Morgan fingerprint density at radius 3 is 2.19 bits per heavy atom. The zero-order chi connectivity index (χ0) is 26.3. The monoisotopic (exact) mass is 536 g/mol. The number of aliphatic hydroxyl groups is 1. The van der Waals surface area contributed by atoms with Crippen LogP contribution in [0.2, 0.25) is 5.02 Å². The van der Waals surface area contributed by atoms with Crippen LogP contribution in [0.1, 0.15) is 21.5 Å². The lowest BCUT2D eigenvalue weighted by Gasteiger charge is -2.31. The lowest BCUT2D eigenvalue weighted by molar-refractivity contribution is -0.137. The summed E-state index contributed by atoms with van der Waals surface area (Å²) >= 11 is 5.87. The van der Waals surface area contributed by atoms with E-state index in [1.54, 1.807) is 0 Å². The Bertz CT molecular complexity index is 1490. The predicted molar refractivity (Wildman–Crippen MR) is 126 cm³/mol. The summed E-state index contributed by atoms with van der Waals surface area (Å²) in [6.07, 6.45) is -4.57. The number of sulfonamides is 1. The van der Waals surface area contributed by atoms with Gasteiger partial charge in [0, 0.05) is 21.8 Å². The summed E-state index contributed by atoms with van der Waals surface area (Å²) in [6, 6.07) is 14.4. The second-order valence-electron chi connectivity index (χ2n) is 7.66. The minimum Gasteiger partial charge on any atom is -0.505 e. The van der Waals surface area contributed by atoms with Crippen molar-refractivity contribution in [1.82, 2.24) is 4.31 Å². The molecule has 0 saturated heterocycles. The Morgan fingerprint density at radius 1 is 0.972 bits per heavy atom. The first-order valence-electron chi connectivity index (χ1n) is 10.2. The zero-order valence-electron chi connectivity index (χ0n) is 18.1. The highest BCUT2D eigenvalue weighted by atomic mass is 35.5. The number of fused-ring (bicyclic) bond motifs is 1. The predicted octanol–water partition coefficient (Wildman–Crippen LogP) is 5.11. The van der Waals surface area contributed by atoms with Gasteiger partial charge in [-0.2, -0.15) is 13.2 Å². The third-order valence-electron chi connectivity index (χ3n) is 5.29. The van der Waals surface area contributed by atoms with Crippen LogP contribution in [-0.4, -0.2) is 36.1 Å². The van der Waals surface area contributed by atoms with Crippen molar-refractivity contribution in [2.45, 2.75) is 11.1 Å². The summed E-state index contributed by atoms with van der Waals surface area (Å²) in [5.74, 6) is -2.49. The normalized spacial score (nSPS) is 16.3. The van der Waals surface area contributed by atoms with E-state index in [-0.39, 0.29) is 21.7 Å². The van der Waals surface area contributed by atoms with E-state index in [4.69, 9.17) is 11.6 Å². The summed E-state index contributed by atoms with van der Waals surface area (Å²) in [4.78, 5) is 25.7. The van der Waals surface area contributed by atoms with Gasteiger partial charge in [0.1, 0.15) is 12.2 Å². The van der Waals surface area contributed by atoms with E-state index in [2.05, 4.69) is 5.32 Å². The van der Waals surface area contributed by atoms with E-state index in [0.29, 0.717) is 9.33 Å². The van der Waals surface area contributed by atoms with Gasteiger partial charge in [0.25, 0.3) is 10.0 Å². The minimum absolute atomic E-state index is 0.0263. The topological polar surface area (TPSA) is 104 Å². The molecule has 0 unspecified atom stereocenters. The van der Waals surface area contributed by atoms with Gasteiger partial charge in [-0.15, -0.1) is 0 Å². The Labute approximate surface area is 208 Å². The molecule has 0 aromatic heterocycles. The number of aliphatic hydroxyl groups excluding tert-OH is 1. The van der Waals surface area contributed by atoms with Crippen molar-refractivity contribution < 1.29 is 36.3 Å². The first-order valence-corrected chi connectivity index (χ1v) is 12.0. The van der Waals surface area contributed by atoms with Crippen LogP contribution >= 0.6 is 11.6 Å². The number of alkyl halides is 3. The van der Waals surface area contributed by atoms with Crippen molar-refractivity contribution in [2.24, 2.45) is 0 Å². The molecule has 186 valence electrons. The maximum absolute atomic E-state index is 13.4. The van der Waals surface area contributed by atoms with E-state index in [9.17, 15) is 36.3 Å². The van der Waals surface area contributed by atoms with Crippen LogP contribution in [0.5, 0.6) is 0 Å². The molecule has 1 aliphatic rings. The van der Waals surface area contributed by atoms with E-state index < -0.39 is 51.5 Å². The number of amides is 1. The van der Waals surface area contributed by atoms with Gasteiger partial charge >= 0.3 is 6.18 Å². The van der Waals surface area contributed by atoms with E-state index in [0.717, 1.165) is 24.3 Å². The summed E-state index contributed by atoms with van der Waals surface area (Å²) in [6.45, 7) is -0.934. The van der Waals surface area contributed by atoms with Crippen molar-refractivity contribution in [3.8, 4) is 0 Å². The average Bonchev–Trinajstić information content (AvgIpc) is 2.83. The number of carbonyl (C=O) groups excluding carboxylic acids is 2.